The second-order valence-electron chi connectivity index (χ2n) is 4.91. The van der Waals surface area contributed by atoms with E-state index in [0.717, 1.165) is 17.9 Å². The molecule has 112 valence electrons. The van der Waals surface area contributed by atoms with Crippen LogP contribution < -0.4 is 5.32 Å². The first-order valence-electron chi connectivity index (χ1n) is 6.98. The van der Waals surface area contributed by atoms with Gasteiger partial charge in [0.1, 0.15) is 0 Å². The Morgan fingerprint density at radius 1 is 1.05 bits per heavy atom. The van der Waals surface area contributed by atoms with Gasteiger partial charge in [-0.05, 0) is 43.3 Å². The van der Waals surface area contributed by atoms with Crippen LogP contribution in [0, 0.1) is 18.6 Å². The van der Waals surface area contributed by atoms with Crippen LogP contribution in [0.5, 0.6) is 0 Å². The van der Waals surface area contributed by atoms with Gasteiger partial charge >= 0.3 is 0 Å². The van der Waals surface area contributed by atoms with Crippen LogP contribution in [-0.2, 0) is 0 Å². The quantitative estimate of drug-likeness (QED) is 0.775. The molecule has 0 saturated carbocycles. The fraction of sp³-hybridized carbons (Fsp3) is 0.294. The van der Waals surface area contributed by atoms with Crippen LogP contribution in [0.25, 0.3) is 0 Å². The fourth-order valence-corrected chi connectivity index (χ4v) is 3.06. The number of hydrogen-bond donors (Lipinski definition) is 1. The summed E-state index contributed by atoms with van der Waals surface area (Å²) in [6.45, 7) is 4.83. The average Bonchev–Trinajstić information content (AvgIpc) is 2.48. The van der Waals surface area contributed by atoms with E-state index in [0.29, 0.717) is 0 Å². The van der Waals surface area contributed by atoms with Gasteiger partial charge in [0, 0.05) is 16.7 Å². The van der Waals surface area contributed by atoms with Crippen molar-refractivity contribution in [2.75, 3.05) is 12.3 Å². The van der Waals surface area contributed by atoms with E-state index in [2.05, 4.69) is 36.5 Å². The SMILES string of the molecule is CCNC(CSc1ccc(C)cc1)c1ccc(F)c(F)c1. The summed E-state index contributed by atoms with van der Waals surface area (Å²) in [6.07, 6.45) is 0. The highest BCUT2D eigenvalue weighted by Gasteiger charge is 2.13. The summed E-state index contributed by atoms with van der Waals surface area (Å²) >= 11 is 1.70. The van der Waals surface area contributed by atoms with E-state index in [1.54, 1.807) is 17.8 Å². The summed E-state index contributed by atoms with van der Waals surface area (Å²) in [5, 5.41) is 3.32. The first-order valence-corrected chi connectivity index (χ1v) is 7.96. The number of hydrogen-bond acceptors (Lipinski definition) is 2. The van der Waals surface area contributed by atoms with Crippen molar-refractivity contribution < 1.29 is 8.78 Å². The Kier molecular flexibility index (Phi) is 5.76. The minimum atomic E-state index is -0.805. The molecule has 0 amide bonds. The largest absolute Gasteiger partial charge is 0.309 e. The van der Waals surface area contributed by atoms with Crippen molar-refractivity contribution in [3.63, 3.8) is 0 Å². The van der Waals surface area contributed by atoms with Crippen molar-refractivity contribution in [3.8, 4) is 0 Å². The second-order valence-corrected chi connectivity index (χ2v) is 6.00. The third kappa shape index (κ3) is 4.55. The number of nitrogens with one attached hydrogen (secondary N) is 1. The van der Waals surface area contributed by atoms with Gasteiger partial charge in [0.25, 0.3) is 0 Å². The standard InChI is InChI=1S/C17H19F2NS/c1-3-20-17(13-6-9-15(18)16(19)10-13)11-21-14-7-4-12(2)5-8-14/h4-10,17,20H,3,11H2,1-2H3. The Bertz CT molecular complexity index is 584. The van der Waals surface area contributed by atoms with Gasteiger partial charge in [0.05, 0.1) is 0 Å². The first kappa shape index (κ1) is 16.0. The lowest BCUT2D eigenvalue weighted by Gasteiger charge is -2.18. The minimum absolute atomic E-state index is 0.00333. The molecule has 4 heteroatoms. The van der Waals surface area contributed by atoms with Gasteiger partial charge in [-0.1, -0.05) is 30.7 Å². The Morgan fingerprint density at radius 3 is 2.38 bits per heavy atom. The van der Waals surface area contributed by atoms with Crippen LogP contribution >= 0.6 is 11.8 Å². The summed E-state index contributed by atoms with van der Waals surface area (Å²) < 4.78 is 26.4. The van der Waals surface area contributed by atoms with Crippen LogP contribution in [-0.4, -0.2) is 12.3 Å². The molecule has 21 heavy (non-hydrogen) atoms. The van der Waals surface area contributed by atoms with Gasteiger partial charge in [-0.25, -0.2) is 8.78 Å². The number of rotatable bonds is 6. The van der Waals surface area contributed by atoms with Crippen LogP contribution in [0.3, 0.4) is 0 Å². The molecule has 0 heterocycles. The highest BCUT2D eigenvalue weighted by molar-refractivity contribution is 7.99. The average molecular weight is 307 g/mol. The number of halogens is 2. The molecule has 2 rings (SSSR count). The number of thioether (sulfide) groups is 1. The van der Waals surface area contributed by atoms with E-state index >= 15 is 0 Å². The van der Waals surface area contributed by atoms with Crippen LogP contribution in [0.2, 0.25) is 0 Å². The minimum Gasteiger partial charge on any atom is -0.309 e. The Labute approximate surface area is 128 Å². The van der Waals surface area contributed by atoms with E-state index in [9.17, 15) is 8.78 Å². The lowest BCUT2D eigenvalue weighted by Crippen LogP contribution is -2.23. The summed E-state index contributed by atoms with van der Waals surface area (Å²) in [5.41, 5.74) is 2.00. The molecular formula is C17H19F2NS. The zero-order chi connectivity index (χ0) is 15.2. The van der Waals surface area contributed by atoms with Gasteiger partial charge in [0.15, 0.2) is 11.6 Å². The monoisotopic (exact) mass is 307 g/mol. The van der Waals surface area contributed by atoms with E-state index < -0.39 is 11.6 Å². The second kappa shape index (κ2) is 7.57. The van der Waals surface area contributed by atoms with E-state index in [4.69, 9.17) is 0 Å². The molecule has 2 aromatic rings. The van der Waals surface area contributed by atoms with Crippen molar-refractivity contribution >= 4 is 11.8 Å². The van der Waals surface area contributed by atoms with Crippen molar-refractivity contribution in [2.24, 2.45) is 0 Å². The molecule has 0 fully saturated rings. The summed E-state index contributed by atoms with van der Waals surface area (Å²) in [4.78, 5) is 1.17. The van der Waals surface area contributed by atoms with E-state index in [-0.39, 0.29) is 6.04 Å². The van der Waals surface area contributed by atoms with Crippen LogP contribution in [0.1, 0.15) is 24.1 Å². The molecule has 0 spiro atoms. The summed E-state index contributed by atoms with van der Waals surface area (Å²) in [6, 6.07) is 12.4. The Morgan fingerprint density at radius 2 is 1.76 bits per heavy atom. The van der Waals surface area contributed by atoms with E-state index in [1.807, 2.05) is 6.92 Å². The van der Waals surface area contributed by atoms with Crippen LogP contribution in [0.15, 0.2) is 47.4 Å². The van der Waals surface area contributed by atoms with Gasteiger partial charge in [-0.15, -0.1) is 11.8 Å². The van der Waals surface area contributed by atoms with Gasteiger partial charge < -0.3 is 5.32 Å². The summed E-state index contributed by atoms with van der Waals surface area (Å²) in [5.74, 6) is -0.835. The van der Waals surface area contributed by atoms with E-state index in [1.165, 1.54) is 22.6 Å². The molecular weight excluding hydrogens is 288 g/mol. The van der Waals surface area contributed by atoms with Crippen LogP contribution in [0.4, 0.5) is 8.78 Å². The fourth-order valence-electron chi connectivity index (χ4n) is 2.06. The van der Waals surface area contributed by atoms with Gasteiger partial charge in [0.2, 0.25) is 0 Å². The first-order chi connectivity index (χ1) is 10.1. The predicted molar refractivity (Wildman–Crippen MR) is 84.7 cm³/mol. The Balaban J connectivity index is 2.07. The molecule has 1 N–H and O–H groups in total. The normalized spacial score (nSPS) is 12.4. The lowest BCUT2D eigenvalue weighted by atomic mass is 10.1. The molecule has 0 radical (unpaired) electrons. The molecule has 0 aliphatic rings. The molecule has 0 aliphatic heterocycles. The summed E-state index contributed by atoms with van der Waals surface area (Å²) in [7, 11) is 0. The maximum atomic E-state index is 13.4. The van der Waals surface area contributed by atoms with Crippen molar-refractivity contribution in [3.05, 3.63) is 65.2 Å². The van der Waals surface area contributed by atoms with Crippen molar-refractivity contribution in [1.29, 1.82) is 0 Å². The molecule has 0 aromatic heterocycles. The molecule has 1 unspecified atom stereocenters. The molecule has 2 aromatic carbocycles. The van der Waals surface area contributed by atoms with Crippen molar-refractivity contribution in [1.82, 2.24) is 5.32 Å². The maximum Gasteiger partial charge on any atom is 0.159 e. The highest BCUT2D eigenvalue weighted by atomic mass is 32.2. The number of aryl methyl sites for hydroxylation is 1. The molecule has 0 bridgehead atoms. The smallest absolute Gasteiger partial charge is 0.159 e. The Hall–Kier alpha value is -1.39. The zero-order valence-electron chi connectivity index (χ0n) is 12.2. The molecule has 0 aliphatic carbocycles. The zero-order valence-corrected chi connectivity index (χ0v) is 13.0. The number of benzene rings is 2. The third-order valence-electron chi connectivity index (χ3n) is 3.23. The highest BCUT2D eigenvalue weighted by Crippen LogP contribution is 2.26. The predicted octanol–water partition coefficient (Wildman–Crippen LogP) is 4.72. The van der Waals surface area contributed by atoms with Crippen molar-refractivity contribution in [2.45, 2.75) is 24.8 Å². The molecule has 0 saturated heterocycles. The maximum absolute atomic E-state index is 13.4. The topological polar surface area (TPSA) is 12.0 Å². The van der Waals surface area contributed by atoms with Gasteiger partial charge in [-0.2, -0.15) is 0 Å². The molecule has 1 atom stereocenters. The molecule has 1 nitrogen and oxygen atoms in total. The van der Waals surface area contributed by atoms with Gasteiger partial charge in [-0.3, -0.25) is 0 Å². The third-order valence-corrected chi connectivity index (χ3v) is 4.34. The lowest BCUT2D eigenvalue weighted by molar-refractivity contribution is 0.502.